The molecule has 1 aromatic rings. The molecule has 0 bridgehead atoms. The van der Waals surface area contributed by atoms with Crippen molar-refractivity contribution in [3.05, 3.63) is 11.7 Å². The fourth-order valence-corrected chi connectivity index (χ4v) is 2.49. The van der Waals surface area contributed by atoms with Gasteiger partial charge in [0.15, 0.2) is 5.82 Å². The predicted molar refractivity (Wildman–Crippen MR) is 70.2 cm³/mol. The smallest absolute Gasteiger partial charge is 0.228 e. The van der Waals surface area contributed by atoms with E-state index in [1.54, 1.807) is 0 Å². The van der Waals surface area contributed by atoms with Gasteiger partial charge in [0.1, 0.15) is 0 Å². The van der Waals surface area contributed by atoms with Crippen LogP contribution >= 0.6 is 0 Å². The van der Waals surface area contributed by atoms with Gasteiger partial charge in [0, 0.05) is 31.5 Å². The first kappa shape index (κ1) is 13.5. The molecule has 2 unspecified atom stereocenters. The molecule has 1 aliphatic heterocycles. The monoisotopic (exact) mass is 252 g/mol. The molecule has 5 heteroatoms. The number of nitrogens with two attached hydrogens (primary N) is 1. The van der Waals surface area contributed by atoms with E-state index in [4.69, 9.17) is 10.3 Å². The van der Waals surface area contributed by atoms with Crippen molar-refractivity contribution in [2.24, 2.45) is 11.7 Å². The highest BCUT2D eigenvalue weighted by atomic mass is 16.5. The quantitative estimate of drug-likeness (QED) is 0.853. The van der Waals surface area contributed by atoms with Crippen molar-refractivity contribution in [3.63, 3.8) is 0 Å². The van der Waals surface area contributed by atoms with Crippen LogP contribution in [-0.2, 0) is 12.8 Å². The first-order valence-corrected chi connectivity index (χ1v) is 6.85. The Morgan fingerprint density at radius 3 is 2.83 bits per heavy atom. The minimum absolute atomic E-state index is 0.0706. The van der Waals surface area contributed by atoms with Gasteiger partial charge in [0.2, 0.25) is 5.89 Å². The molecule has 0 aliphatic carbocycles. The SMILES string of the molecule is CC(N)Cc1nc(CC2CCN(C(C)C)C2)no1. The van der Waals surface area contributed by atoms with Gasteiger partial charge in [-0.3, -0.25) is 0 Å². The number of nitrogens with zero attached hydrogens (tertiary/aromatic N) is 3. The van der Waals surface area contributed by atoms with Crippen LogP contribution in [0.1, 0.15) is 38.9 Å². The van der Waals surface area contributed by atoms with Gasteiger partial charge in [-0.1, -0.05) is 5.16 Å². The van der Waals surface area contributed by atoms with E-state index in [0.29, 0.717) is 24.3 Å². The molecule has 0 aromatic carbocycles. The van der Waals surface area contributed by atoms with Gasteiger partial charge >= 0.3 is 0 Å². The molecule has 1 fully saturated rings. The number of aromatic nitrogens is 2. The topological polar surface area (TPSA) is 68.2 Å². The van der Waals surface area contributed by atoms with Crippen molar-refractivity contribution in [1.82, 2.24) is 15.0 Å². The van der Waals surface area contributed by atoms with E-state index in [-0.39, 0.29) is 6.04 Å². The van der Waals surface area contributed by atoms with Crippen molar-refractivity contribution in [1.29, 1.82) is 0 Å². The Kier molecular flexibility index (Phi) is 4.35. The molecule has 0 saturated carbocycles. The Morgan fingerprint density at radius 2 is 2.22 bits per heavy atom. The predicted octanol–water partition coefficient (Wildman–Crippen LogP) is 1.23. The molecule has 2 atom stereocenters. The normalized spacial score (nSPS) is 22.8. The molecular formula is C13H24N4O. The summed E-state index contributed by atoms with van der Waals surface area (Å²) in [6, 6.07) is 0.704. The Morgan fingerprint density at radius 1 is 1.44 bits per heavy atom. The first-order valence-electron chi connectivity index (χ1n) is 6.85. The summed E-state index contributed by atoms with van der Waals surface area (Å²) in [5.74, 6) is 2.16. The van der Waals surface area contributed by atoms with Crippen LogP contribution in [0.5, 0.6) is 0 Å². The molecular weight excluding hydrogens is 228 g/mol. The standard InChI is InChI=1S/C13H24N4O/c1-9(2)17-5-4-11(8-17)7-12-15-13(18-16-12)6-10(3)14/h9-11H,4-8,14H2,1-3H3. The first-order chi connectivity index (χ1) is 8.54. The van der Waals surface area contributed by atoms with Crippen LogP contribution in [0.4, 0.5) is 0 Å². The van der Waals surface area contributed by atoms with Crippen LogP contribution < -0.4 is 5.73 Å². The highest BCUT2D eigenvalue weighted by molar-refractivity contribution is 4.92. The van der Waals surface area contributed by atoms with Crippen molar-refractivity contribution < 1.29 is 4.52 Å². The number of rotatable bonds is 5. The lowest BCUT2D eigenvalue weighted by Gasteiger charge is -2.19. The van der Waals surface area contributed by atoms with Crippen LogP contribution in [0.25, 0.3) is 0 Å². The third-order valence-corrected chi connectivity index (χ3v) is 3.53. The summed E-state index contributed by atoms with van der Waals surface area (Å²) in [4.78, 5) is 6.92. The maximum atomic E-state index is 5.71. The van der Waals surface area contributed by atoms with E-state index in [9.17, 15) is 0 Å². The third-order valence-electron chi connectivity index (χ3n) is 3.53. The largest absolute Gasteiger partial charge is 0.339 e. The second kappa shape index (κ2) is 5.80. The lowest BCUT2D eigenvalue weighted by molar-refractivity contribution is 0.264. The minimum Gasteiger partial charge on any atom is -0.339 e. The zero-order valence-electron chi connectivity index (χ0n) is 11.6. The van der Waals surface area contributed by atoms with E-state index < -0.39 is 0 Å². The van der Waals surface area contributed by atoms with E-state index in [2.05, 4.69) is 28.9 Å². The third kappa shape index (κ3) is 3.53. The van der Waals surface area contributed by atoms with Crippen molar-refractivity contribution >= 4 is 0 Å². The average Bonchev–Trinajstić information content (AvgIpc) is 2.88. The molecule has 102 valence electrons. The van der Waals surface area contributed by atoms with Crippen LogP contribution in [0.2, 0.25) is 0 Å². The van der Waals surface area contributed by atoms with Gasteiger partial charge in [-0.25, -0.2) is 0 Å². The van der Waals surface area contributed by atoms with Crippen LogP contribution in [0.3, 0.4) is 0 Å². The molecule has 2 heterocycles. The number of hydrogen-bond donors (Lipinski definition) is 1. The highest BCUT2D eigenvalue weighted by Gasteiger charge is 2.25. The minimum atomic E-state index is 0.0706. The molecule has 2 rings (SSSR count). The van der Waals surface area contributed by atoms with E-state index in [0.717, 1.165) is 18.8 Å². The summed E-state index contributed by atoms with van der Waals surface area (Å²) in [5.41, 5.74) is 5.71. The lowest BCUT2D eigenvalue weighted by Crippen LogP contribution is -2.28. The summed E-state index contributed by atoms with van der Waals surface area (Å²) in [6.07, 6.45) is 2.82. The zero-order valence-corrected chi connectivity index (χ0v) is 11.6. The summed E-state index contributed by atoms with van der Waals surface area (Å²) in [6.45, 7) is 8.78. The van der Waals surface area contributed by atoms with Crippen molar-refractivity contribution in [2.45, 2.75) is 52.1 Å². The van der Waals surface area contributed by atoms with E-state index in [1.807, 2.05) is 6.92 Å². The second-order valence-electron chi connectivity index (χ2n) is 5.73. The van der Waals surface area contributed by atoms with Gasteiger partial charge in [0.25, 0.3) is 0 Å². The Bertz CT molecular complexity index is 375. The van der Waals surface area contributed by atoms with Crippen molar-refractivity contribution in [3.8, 4) is 0 Å². The molecule has 18 heavy (non-hydrogen) atoms. The van der Waals surface area contributed by atoms with Crippen LogP contribution in [0, 0.1) is 5.92 Å². The van der Waals surface area contributed by atoms with Gasteiger partial charge in [0.05, 0.1) is 0 Å². The maximum Gasteiger partial charge on any atom is 0.228 e. The summed E-state index contributed by atoms with van der Waals surface area (Å²) < 4.78 is 5.21. The highest BCUT2D eigenvalue weighted by Crippen LogP contribution is 2.21. The van der Waals surface area contributed by atoms with E-state index in [1.165, 1.54) is 13.0 Å². The Hall–Kier alpha value is -0.940. The van der Waals surface area contributed by atoms with Gasteiger partial charge in [-0.15, -0.1) is 0 Å². The zero-order chi connectivity index (χ0) is 13.1. The Balaban J connectivity index is 1.85. The molecule has 0 spiro atoms. The second-order valence-corrected chi connectivity index (χ2v) is 5.73. The molecule has 1 saturated heterocycles. The summed E-state index contributed by atoms with van der Waals surface area (Å²) in [7, 11) is 0. The van der Waals surface area contributed by atoms with Crippen molar-refractivity contribution in [2.75, 3.05) is 13.1 Å². The summed E-state index contributed by atoms with van der Waals surface area (Å²) in [5, 5.41) is 4.04. The fourth-order valence-electron chi connectivity index (χ4n) is 2.49. The molecule has 1 aromatic heterocycles. The van der Waals surface area contributed by atoms with Gasteiger partial charge < -0.3 is 15.2 Å². The molecule has 2 N–H and O–H groups in total. The molecule has 5 nitrogen and oxygen atoms in total. The molecule has 0 amide bonds. The maximum absolute atomic E-state index is 5.71. The van der Waals surface area contributed by atoms with Crippen LogP contribution in [-0.4, -0.2) is 40.2 Å². The van der Waals surface area contributed by atoms with E-state index >= 15 is 0 Å². The fraction of sp³-hybridized carbons (Fsp3) is 0.846. The van der Waals surface area contributed by atoms with Crippen LogP contribution in [0.15, 0.2) is 4.52 Å². The number of likely N-dealkylation sites (tertiary alicyclic amines) is 1. The lowest BCUT2D eigenvalue weighted by atomic mass is 10.0. The molecule has 0 radical (unpaired) electrons. The summed E-state index contributed by atoms with van der Waals surface area (Å²) >= 11 is 0. The molecule has 1 aliphatic rings. The number of hydrogen-bond acceptors (Lipinski definition) is 5. The average molecular weight is 252 g/mol. The van der Waals surface area contributed by atoms with Gasteiger partial charge in [-0.2, -0.15) is 4.98 Å². The van der Waals surface area contributed by atoms with Gasteiger partial charge in [-0.05, 0) is 39.7 Å². The Labute approximate surface area is 109 Å².